The van der Waals surface area contributed by atoms with Gasteiger partial charge in [-0.3, -0.25) is 9.48 Å². The van der Waals surface area contributed by atoms with Crippen molar-refractivity contribution in [2.45, 2.75) is 66.0 Å². The molecule has 20 heavy (non-hydrogen) atoms. The number of hydrogen-bond acceptors (Lipinski definition) is 2. The van der Waals surface area contributed by atoms with Crippen molar-refractivity contribution >= 4 is 5.91 Å². The van der Waals surface area contributed by atoms with E-state index in [1.807, 2.05) is 23.6 Å². The molecule has 0 aromatic carbocycles. The number of carbonyl (C=O) groups excluding carboxylic acids is 1. The van der Waals surface area contributed by atoms with E-state index in [9.17, 15) is 4.79 Å². The molecule has 0 atom stereocenters. The fraction of sp³-hybridized carbons (Fsp3) is 0.750. The van der Waals surface area contributed by atoms with Crippen molar-refractivity contribution in [2.24, 2.45) is 5.92 Å². The van der Waals surface area contributed by atoms with Gasteiger partial charge in [-0.1, -0.05) is 13.8 Å². The molecule has 112 valence electrons. The lowest BCUT2D eigenvalue weighted by Gasteiger charge is -2.34. The molecular formula is C16H27N3O. The van der Waals surface area contributed by atoms with E-state index in [1.165, 1.54) is 6.42 Å². The van der Waals surface area contributed by atoms with Crippen LogP contribution in [0, 0.1) is 19.8 Å². The summed E-state index contributed by atoms with van der Waals surface area (Å²) < 4.78 is 2.05. The zero-order valence-corrected chi connectivity index (χ0v) is 13.4. The predicted molar refractivity (Wildman–Crippen MR) is 80.7 cm³/mol. The van der Waals surface area contributed by atoms with Gasteiger partial charge in [-0.2, -0.15) is 5.10 Å². The second kappa shape index (κ2) is 5.98. The molecule has 0 saturated heterocycles. The minimum Gasteiger partial charge on any atom is -0.342 e. The van der Waals surface area contributed by atoms with E-state index in [0.29, 0.717) is 18.4 Å². The molecule has 1 amide bonds. The van der Waals surface area contributed by atoms with Gasteiger partial charge in [-0.15, -0.1) is 0 Å². The Labute approximate surface area is 122 Å². The third kappa shape index (κ3) is 3.05. The van der Waals surface area contributed by atoms with Crippen LogP contribution in [0.5, 0.6) is 0 Å². The minimum atomic E-state index is 0.227. The van der Waals surface area contributed by atoms with Gasteiger partial charge in [0.1, 0.15) is 0 Å². The molecule has 0 spiro atoms. The second-order valence-corrected chi connectivity index (χ2v) is 6.49. The maximum Gasteiger partial charge on any atom is 0.227 e. The zero-order chi connectivity index (χ0) is 14.9. The van der Waals surface area contributed by atoms with Crippen LogP contribution in [0.2, 0.25) is 0 Å². The Hall–Kier alpha value is -1.32. The van der Waals surface area contributed by atoms with Crippen LogP contribution >= 0.6 is 0 Å². The maximum absolute atomic E-state index is 12.4. The molecule has 1 saturated carbocycles. The molecule has 4 nitrogen and oxygen atoms in total. The van der Waals surface area contributed by atoms with Crippen LogP contribution in [0.3, 0.4) is 0 Å². The van der Waals surface area contributed by atoms with Crippen molar-refractivity contribution in [1.29, 1.82) is 0 Å². The number of aromatic nitrogens is 2. The number of rotatable bonds is 5. The average Bonchev–Trinajstić information content (AvgIpc) is 2.53. The standard InChI is InChI=1S/C16H27N3O/c1-11(2)10-19-13(4)15(12(3)17-19)9-16(20)18(5)14-7-6-8-14/h11,14H,6-10H2,1-5H3. The van der Waals surface area contributed by atoms with Crippen molar-refractivity contribution < 1.29 is 4.79 Å². The third-order valence-corrected chi connectivity index (χ3v) is 4.41. The highest BCUT2D eigenvalue weighted by Gasteiger charge is 2.26. The van der Waals surface area contributed by atoms with Gasteiger partial charge >= 0.3 is 0 Å². The van der Waals surface area contributed by atoms with Gasteiger partial charge in [-0.05, 0) is 39.0 Å². The lowest BCUT2D eigenvalue weighted by atomic mass is 9.91. The molecule has 1 heterocycles. The largest absolute Gasteiger partial charge is 0.342 e. The first-order valence-corrected chi connectivity index (χ1v) is 7.68. The first kappa shape index (κ1) is 15.1. The van der Waals surface area contributed by atoms with Crippen LogP contribution in [0.25, 0.3) is 0 Å². The van der Waals surface area contributed by atoms with Crippen LogP contribution in [0.4, 0.5) is 0 Å². The summed E-state index contributed by atoms with van der Waals surface area (Å²) in [6, 6.07) is 0.467. The zero-order valence-electron chi connectivity index (χ0n) is 13.4. The van der Waals surface area contributed by atoms with E-state index >= 15 is 0 Å². The Kier molecular flexibility index (Phi) is 4.51. The molecule has 0 N–H and O–H groups in total. The highest BCUT2D eigenvalue weighted by Crippen LogP contribution is 2.24. The summed E-state index contributed by atoms with van der Waals surface area (Å²) in [6.07, 6.45) is 4.06. The quantitative estimate of drug-likeness (QED) is 0.830. The number of amides is 1. The van der Waals surface area contributed by atoms with Crippen LogP contribution < -0.4 is 0 Å². The smallest absolute Gasteiger partial charge is 0.227 e. The van der Waals surface area contributed by atoms with E-state index in [1.54, 1.807) is 0 Å². The number of likely N-dealkylation sites (N-methyl/N-ethyl adjacent to an activating group) is 1. The fourth-order valence-corrected chi connectivity index (χ4v) is 2.77. The Morgan fingerprint density at radius 3 is 2.55 bits per heavy atom. The molecule has 1 aliphatic carbocycles. The molecule has 1 aromatic heterocycles. The molecule has 0 aliphatic heterocycles. The summed E-state index contributed by atoms with van der Waals surface area (Å²) in [6.45, 7) is 9.38. The average molecular weight is 277 g/mol. The summed E-state index contributed by atoms with van der Waals surface area (Å²) >= 11 is 0. The molecule has 2 rings (SSSR count). The second-order valence-electron chi connectivity index (χ2n) is 6.49. The maximum atomic E-state index is 12.4. The first-order valence-electron chi connectivity index (χ1n) is 7.68. The van der Waals surface area contributed by atoms with Crippen molar-refractivity contribution in [3.8, 4) is 0 Å². The molecule has 1 aliphatic rings. The van der Waals surface area contributed by atoms with Gasteiger partial charge in [-0.25, -0.2) is 0 Å². The Morgan fingerprint density at radius 2 is 2.05 bits per heavy atom. The summed E-state index contributed by atoms with van der Waals surface area (Å²) in [4.78, 5) is 14.3. The molecule has 1 fully saturated rings. The van der Waals surface area contributed by atoms with E-state index in [-0.39, 0.29) is 5.91 Å². The van der Waals surface area contributed by atoms with Gasteiger partial charge in [0.05, 0.1) is 12.1 Å². The SMILES string of the molecule is Cc1nn(CC(C)C)c(C)c1CC(=O)N(C)C1CCC1. The molecule has 1 aromatic rings. The summed E-state index contributed by atoms with van der Waals surface area (Å²) in [5, 5.41) is 4.59. The molecule has 0 bridgehead atoms. The number of hydrogen-bond donors (Lipinski definition) is 0. The topological polar surface area (TPSA) is 38.1 Å². The predicted octanol–water partition coefficient (Wildman–Crippen LogP) is 2.71. The first-order chi connectivity index (χ1) is 9.40. The molecular weight excluding hydrogens is 250 g/mol. The summed E-state index contributed by atoms with van der Waals surface area (Å²) in [5.74, 6) is 0.791. The van der Waals surface area contributed by atoms with Crippen LogP contribution in [0.1, 0.15) is 50.1 Å². The van der Waals surface area contributed by atoms with Gasteiger partial charge in [0.25, 0.3) is 0 Å². The van der Waals surface area contributed by atoms with Crippen LogP contribution in [0.15, 0.2) is 0 Å². The lowest BCUT2D eigenvalue weighted by Crippen LogP contribution is -2.42. The van der Waals surface area contributed by atoms with Gasteiger partial charge in [0.2, 0.25) is 5.91 Å². The molecule has 0 radical (unpaired) electrons. The highest BCUT2D eigenvalue weighted by molar-refractivity contribution is 5.79. The van der Waals surface area contributed by atoms with E-state index in [2.05, 4.69) is 25.9 Å². The summed E-state index contributed by atoms with van der Waals surface area (Å²) in [7, 11) is 1.94. The van der Waals surface area contributed by atoms with Crippen LogP contribution in [-0.2, 0) is 17.8 Å². The number of aryl methyl sites for hydroxylation is 1. The van der Waals surface area contributed by atoms with Crippen molar-refractivity contribution in [2.75, 3.05) is 7.05 Å². The molecule has 0 unspecified atom stereocenters. The van der Waals surface area contributed by atoms with E-state index < -0.39 is 0 Å². The minimum absolute atomic E-state index is 0.227. The van der Waals surface area contributed by atoms with E-state index in [4.69, 9.17) is 0 Å². The van der Waals surface area contributed by atoms with Gasteiger partial charge in [0.15, 0.2) is 0 Å². The van der Waals surface area contributed by atoms with Gasteiger partial charge < -0.3 is 4.90 Å². The van der Waals surface area contributed by atoms with E-state index in [0.717, 1.165) is 36.3 Å². The Balaban J connectivity index is 2.08. The van der Waals surface area contributed by atoms with Crippen molar-refractivity contribution in [3.05, 3.63) is 17.0 Å². The number of carbonyl (C=O) groups is 1. The monoisotopic (exact) mass is 277 g/mol. The molecule has 4 heteroatoms. The normalized spacial score (nSPS) is 15.5. The Morgan fingerprint density at radius 1 is 1.40 bits per heavy atom. The van der Waals surface area contributed by atoms with Gasteiger partial charge in [0, 0.05) is 30.9 Å². The Bertz CT molecular complexity index is 486. The van der Waals surface area contributed by atoms with Crippen molar-refractivity contribution in [1.82, 2.24) is 14.7 Å². The van der Waals surface area contributed by atoms with Crippen molar-refractivity contribution in [3.63, 3.8) is 0 Å². The third-order valence-electron chi connectivity index (χ3n) is 4.41. The van der Waals surface area contributed by atoms with Crippen LogP contribution in [-0.4, -0.2) is 33.7 Å². The fourth-order valence-electron chi connectivity index (χ4n) is 2.77. The highest BCUT2D eigenvalue weighted by atomic mass is 16.2. The summed E-state index contributed by atoms with van der Waals surface area (Å²) in [5.41, 5.74) is 3.26. The number of nitrogens with zero attached hydrogens (tertiary/aromatic N) is 3. The lowest BCUT2D eigenvalue weighted by molar-refractivity contribution is -0.132.